The molecule has 0 aliphatic carbocycles. The van der Waals surface area contributed by atoms with Gasteiger partial charge in [0.15, 0.2) is 0 Å². The van der Waals surface area contributed by atoms with E-state index in [0.29, 0.717) is 25.8 Å². The first-order valence-corrected chi connectivity index (χ1v) is 7.63. The van der Waals surface area contributed by atoms with Crippen LogP contribution in [0.1, 0.15) is 0 Å². The van der Waals surface area contributed by atoms with E-state index in [9.17, 15) is 22.9 Å². The van der Waals surface area contributed by atoms with Crippen molar-refractivity contribution in [1.29, 1.82) is 0 Å². The summed E-state index contributed by atoms with van der Waals surface area (Å²) in [4.78, 5) is 9.08. The van der Waals surface area contributed by atoms with E-state index < -0.39 is 31.3 Å². The van der Waals surface area contributed by atoms with Gasteiger partial charge in [0, 0.05) is 25.2 Å². The maximum Gasteiger partial charge on any atom is 0.272 e. The summed E-state index contributed by atoms with van der Waals surface area (Å²) >= 11 is 0. The van der Waals surface area contributed by atoms with Crippen LogP contribution in [0.3, 0.4) is 0 Å². The van der Waals surface area contributed by atoms with Crippen molar-refractivity contribution in [2.75, 3.05) is 26.3 Å². The van der Waals surface area contributed by atoms with Gasteiger partial charge in [-0.3, -0.25) is 10.1 Å². The first kappa shape index (κ1) is 15.8. The monoisotopic (exact) mass is 319 g/mol. The van der Waals surface area contributed by atoms with Crippen LogP contribution in [0.5, 0.6) is 0 Å². The Morgan fingerprint density at radius 2 is 2.29 bits per heavy atom. The average molecular weight is 319 g/mol. The third kappa shape index (κ3) is 3.94. The van der Waals surface area contributed by atoms with E-state index >= 15 is 0 Å². The third-order valence-electron chi connectivity index (χ3n) is 2.93. The predicted octanol–water partition coefficient (Wildman–Crippen LogP) is 0.000600. The largest absolute Gasteiger partial charge is 0.378 e. The maximum atomic E-state index is 13.7. The van der Waals surface area contributed by atoms with Gasteiger partial charge in [-0.05, 0) is 6.07 Å². The van der Waals surface area contributed by atoms with E-state index in [1.54, 1.807) is 0 Å². The molecule has 0 bridgehead atoms. The Labute approximate surface area is 120 Å². The number of morpholine rings is 1. The zero-order valence-corrected chi connectivity index (χ0v) is 11.7. The van der Waals surface area contributed by atoms with Crippen LogP contribution in [-0.4, -0.2) is 45.7 Å². The molecule has 10 heteroatoms. The van der Waals surface area contributed by atoms with Crippen molar-refractivity contribution in [3.8, 4) is 0 Å². The zero-order valence-electron chi connectivity index (χ0n) is 10.9. The molecule has 0 amide bonds. The van der Waals surface area contributed by atoms with Crippen molar-refractivity contribution < 1.29 is 22.5 Å². The standard InChI is InChI=1S/C11H14FN3O5S/c12-10-5-9(15(16)17)1-2-11(10)21(18,19)14-6-8-7-20-4-3-13-8/h1-2,5,8,13-14H,3-4,6-7H2. The van der Waals surface area contributed by atoms with Crippen LogP contribution in [0.4, 0.5) is 10.1 Å². The van der Waals surface area contributed by atoms with Gasteiger partial charge in [-0.2, -0.15) is 0 Å². The molecule has 8 nitrogen and oxygen atoms in total. The van der Waals surface area contributed by atoms with Crippen molar-refractivity contribution in [3.05, 3.63) is 34.1 Å². The molecule has 1 aliphatic heterocycles. The molecule has 0 aromatic heterocycles. The Hall–Kier alpha value is -1.62. The molecular formula is C11H14FN3O5S. The molecule has 2 N–H and O–H groups in total. The first-order valence-electron chi connectivity index (χ1n) is 6.15. The molecule has 0 spiro atoms. The number of benzene rings is 1. The Balaban J connectivity index is 2.10. The number of nitrogens with one attached hydrogen (secondary N) is 2. The second-order valence-corrected chi connectivity index (χ2v) is 6.19. The van der Waals surface area contributed by atoms with Crippen LogP contribution in [0.25, 0.3) is 0 Å². The fourth-order valence-corrected chi connectivity index (χ4v) is 3.00. The molecule has 2 rings (SSSR count). The van der Waals surface area contributed by atoms with E-state index in [2.05, 4.69) is 10.0 Å². The van der Waals surface area contributed by atoms with Gasteiger partial charge in [-0.1, -0.05) is 0 Å². The second kappa shape index (κ2) is 6.43. The summed E-state index contributed by atoms with van der Waals surface area (Å²) in [6.45, 7) is 1.56. The Morgan fingerprint density at radius 3 is 2.86 bits per heavy atom. The van der Waals surface area contributed by atoms with Gasteiger partial charge < -0.3 is 10.1 Å². The topological polar surface area (TPSA) is 111 Å². The van der Waals surface area contributed by atoms with Crippen LogP contribution >= 0.6 is 0 Å². The minimum absolute atomic E-state index is 0.0404. The molecule has 0 saturated carbocycles. The highest BCUT2D eigenvalue weighted by Crippen LogP contribution is 2.20. The number of hydrogen-bond acceptors (Lipinski definition) is 6. The molecule has 116 valence electrons. The number of nitro groups is 1. The smallest absolute Gasteiger partial charge is 0.272 e. The number of sulfonamides is 1. The summed E-state index contributed by atoms with van der Waals surface area (Å²) in [6.07, 6.45) is 0. The van der Waals surface area contributed by atoms with E-state index in [1.807, 2.05) is 0 Å². The quantitative estimate of drug-likeness (QED) is 0.584. The van der Waals surface area contributed by atoms with E-state index in [-0.39, 0.29) is 12.6 Å². The third-order valence-corrected chi connectivity index (χ3v) is 4.39. The van der Waals surface area contributed by atoms with Gasteiger partial charge >= 0.3 is 0 Å². The summed E-state index contributed by atoms with van der Waals surface area (Å²) in [7, 11) is -4.08. The molecule has 1 unspecified atom stereocenters. The fourth-order valence-electron chi connectivity index (χ4n) is 1.86. The van der Waals surface area contributed by atoms with Crippen LogP contribution in [-0.2, 0) is 14.8 Å². The van der Waals surface area contributed by atoms with Crippen LogP contribution in [0.2, 0.25) is 0 Å². The van der Waals surface area contributed by atoms with Crippen molar-refractivity contribution in [2.24, 2.45) is 0 Å². The zero-order chi connectivity index (χ0) is 15.5. The van der Waals surface area contributed by atoms with Gasteiger partial charge in [-0.15, -0.1) is 0 Å². The van der Waals surface area contributed by atoms with Crippen molar-refractivity contribution in [3.63, 3.8) is 0 Å². The van der Waals surface area contributed by atoms with Gasteiger partial charge in [-0.25, -0.2) is 17.5 Å². The lowest BCUT2D eigenvalue weighted by molar-refractivity contribution is -0.385. The van der Waals surface area contributed by atoms with Gasteiger partial charge in [0.25, 0.3) is 5.69 Å². The molecule has 1 fully saturated rings. The first-order chi connectivity index (χ1) is 9.90. The highest BCUT2D eigenvalue weighted by molar-refractivity contribution is 7.89. The number of rotatable bonds is 5. The summed E-state index contributed by atoms with van der Waals surface area (Å²) in [5.41, 5.74) is -0.506. The molecule has 1 heterocycles. The summed E-state index contributed by atoms with van der Waals surface area (Å²) in [6, 6.07) is 2.20. The van der Waals surface area contributed by atoms with E-state index in [0.717, 1.165) is 12.1 Å². The number of nitro benzene ring substituents is 1. The number of non-ortho nitro benzene ring substituents is 1. The number of nitrogens with zero attached hydrogens (tertiary/aromatic N) is 1. The Morgan fingerprint density at radius 1 is 1.52 bits per heavy atom. The van der Waals surface area contributed by atoms with Crippen molar-refractivity contribution in [2.45, 2.75) is 10.9 Å². The van der Waals surface area contributed by atoms with Gasteiger partial charge in [0.1, 0.15) is 10.7 Å². The van der Waals surface area contributed by atoms with Crippen LogP contribution in [0, 0.1) is 15.9 Å². The number of halogens is 1. The van der Waals surface area contributed by atoms with Gasteiger partial charge in [0.05, 0.1) is 24.2 Å². The predicted molar refractivity (Wildman–Crippen MR) is 70.9 cm³/mol. The maximum absolute atomic E-state index is 13.7. The van der Waals surface area contributed by atoms with E-state index in [4.69, 9.17) is 4.74 Å². The molecule has 1 saturated heterocycles. The van der Waals surface area contributed by atoms with Crippen molar-refractivity contribution >= 4 is 15.7 Å². The normalized spacial score (nSPS) is 19.4. The average Bonchev–Trinajstić information content (AvgIpc) is 2.46. The molecule has 0 radical (unpaired) electrons. The van der Waals surface area contributed by atoms with Gasteiger partial charge in [0.2, 0.25) is 10.0 Å². The van der Waals surface area contributed by atoms with Crippen molar-refractivity contribution in [1.82, 2.24) is 10.0 Å². The minimum atomic E-state index is -4.08. The lowest BCUT2D eigenvalue weighted by Crippen LogP contribution is -2.48. The highest BCUT2D eigenvalue weighted by atomic mass is 32.2. The molecule has 1 aromatic rings. The summed E-state index contributed by atoms with van der Waals surface area (Å²) < 4.78 is 45.1. The lowest BCUT2D eigenvalue weighted by atomic mass is 10.3. The molecular weight excluding hydrogens is 305 g/mol. The molecule has 1 atom stereocenters. The SMILES string of the molecule is O=[N+]([O-])c1ccc(S(=O)(=O)NCC2COCCN2)c(F)c1. The summed E-state index contributed by atoms with van der Waals surface area (Å²) in [5.74, 6) is -1.16. The molecule has 21 heavy (non-hydrogen) atoms. The summed E-state index contributed by atoms with van der Waals surface area (Å²) in [5, 5.41) is 13.5. The molecule has 1 aliphatic rings. The lowest BCUT2D eigenvalue weighted by Gasteiger charge is -2.23. The highest BCUT2D eigenvalue weighted by Gasteiger charge is 2.23. The molecule has 1 aromatic carbocycles. The second-order valence-electron chi connectivity index (χ2n) is 4.45. The van der Waals surface area contributed by atoms with Crippen LogP contribution < -0.4 is 10.0 Å². The fraction of sp³-hybridized carbons (Fsp3) is 0.455. The van der Waals surface area contributed by atoms with Crippen LogP contribution in [0.15, 0.2) is 23.1 Å². The number of hydrogen-bond donors (Lipinski definition) is 2. The Kier molecular flexibility index (Phi) is 4.83. The van der Waals surface area contributed by atoms with E-state index in [1.165, 1.54) is 0 Å². The number of ether oxygens (including phenoxy) is 1. The Bertz CT molecular complexity index is 631. The minimum Gasteiger partial charge on any atom is -0.378 e.